The van der Waals surface area contributed by atoms with Gasteiger partial charge in [-0.25, -0.2) is 13.2 Å². The number of anilines is 1. The lowest BCUT2D eigenvalue weighted by Gasteiger charge is -2.25. The van der Waals surface area contributed by atoms with E-state index in [-0.39, 0.29) is 24.6 Å². The van der Waals surface area contributed by atoms with Crippen LogP contribution in [0.25, 0.3) is 0 Å². The second kappa shape index (κ2) is 8.68. The van der Waals surface area contributed by atoms with Gasteiger partial charge in [-0.15, -0.1) is 0 Å². The summed E-state index contributed by atoms with van der Waals surface area (Å²) in [6, 6.07) is 9.12. The van der Waals surface area contributed by atoms with Gasteiger partial charge in [0.15, 0.2) is 0 Å². The van der Waals surface area contributed by atoms with Crippen molar-refractivity contribution in [2.75, 3.05) is 50.0 Å². The number of ether oxygens (including phenoxy) is 2. The minimum absolute atomic E-state index is 0.136. The van der Waals surface area contributed by atoms with Crippen LogP contribution in [0, 0.1) is 0 Å². The SMILES string of the molecule is O=C(CCS(=O)(=O)N1CCOCC1)NCC1CN(c2ccccc2)C(=O)O1. The maximum absolute atomic E-state index is 12.2. The minimum Gasteiger partial charge on any atom is -0.442 e. The molecule has 0 radical (unpaired) electrons. The summed E-state index contributed by atoms with van der Waals surface area (Å²) in [5.41, 5.74) is 0.730. The number of rotatable bonds is 7. The molecule has 1 atom stereocenters. The van der Waals surface area contributed by atoms with Gasteiger partial charge in [-0.1, -0.05) is 18.2 Å². The molecular formula is C17H23N3O6S. The molecule has 2 saturated heterocycles. The lowest BCUT2D eigenvalue weighted by atomic mass is 10.2. The molecule has 0 spiro atoms. The molecule has 2 heterocycles. The van der Waals surface area contributed by atoms with Crippen LogP contribution >= 0.6 is 0 Å². The molecule has 2 amide bonds. The number of hydrogen-bond donors (Lipinski definition) is 1. The molecule has 2 aliphatic rings. The van der Waals surface area contributed by atoms with Crippen LogP contribution in [0.4, 0.5) is 10.5 Å². The predicted molar refractivity (Wildman–Crippen MR) is 97.9 cm³/mol. The average Bonchev–Trinajstić information content (AvgIpc) is 3.07. The van der Waals surface area contributed by atoms with Gasteiger partial charge in [0.25, 0.3) is 0 Å². The quantitative estimate of drug-likeness (QED) is 0.704. The molecule has 9 nitrogen and oxygen atoms in total. The van der Waals surface area contributed by atoms with Gasteiger partial charge in [0.05, 0.1) is 32.1 Å². The molecule has 0 aromatic heterocycles. The fraction of sp³-hybridized carbons (Fsp3) is 0.529. The molecule has 1 N–H and O–H groups in total. The van der Waals surface area contributed by atoms with Crippen LogP contribution in [0.15, 0.2) is 30.3 Å². The van der Waals surface area contributed by atoms with E-state index < -0.39 is 22.2 Å². The van der Waals surface area contributed by atoms with Gasteiger partial charge in [0, 0.05) is 25.2 Å². The van der Waals surface area contributed by atoms with Gasteiger partial charge in [0.1, 0.15) is 6.10 Å². The van der Waals surface area contributed by atoms with Gasteiger partial charge in [-0.2, -0.15) is 4.31 Å². The fourth-order valence-electron chi connectivity index (χ4n) is 2.94. The highest BCUT2D eigenvalue weighted by Crippen LogP contribution is 2.20. The lowest BCUT2D eigenvalue weighted by molar-refractivity contribution is -0.121. The number of para-hydroxylation sites is 1. The Bertz CT molecular complexity index is 764. The number of carbonyl (C=O) groups excluding carboxylic acids is 2. The third-order valence-corrected chi connectivity index (χ3v) is 6.29. The third kappa shape index (κ3) is 5.18. The van der Waals surface area contributed by atoms with Crippen LogP contribution in [0.3, 0.4) is 0 Å². The first-order chi connectivity index (χ1) is 13.0. The molecule has 0 saturated carbocycles. The molecular weight excluding hydrogens is 374 g/mol. The lowest BCUT2D eigenvalue weighted by Crippen LogP contribution is -2.43. The molecule has 10 heteroatoms. The summed E-state index contributed by atoms with van der Waals surface area (Å²) in [5, 5.41) is 2.64. The zero-order valence-corrected chi connectivity index (χ0v) is 15.7. The number of morpholine rings is 1. The number of carbonyl (C=O) groups is 2. The van der Waals surface area contributed by atoms with Crippen LogP contribution in [0.2, 0.25) is 0 Å². The fourth-order valence-corrected chi connectivity index (χ4v) is 4.35. The molecule has 2 aliphatic heterocycles. The van der Waals surface area contributed by atoms with Crippen molar-refractivity contribution in [3.8, 4) is 0 Å². The van der Waals surface area contributed by atoms with Crippen LogP contribution in [0.1, 0.15) is 6.42 Å². The Morgan fingerprint density at radius 2 is 1.89 bits per heavy atom. The highest BCUT2D eigenvalue weighted by atomic mass is 32.2. The van der Waals surface area contributed by atoms with E-state index in [4.69, 9.17) is 9.47 Å². The van der Waals surface area contributed by atoms with E-state index >= 15 is 0 Å². The van der Waals surface area contributed by atoms with Gasteiger partial charge in [-0.05, 0) is 12.1 Å². The van der Waals surface area contributed by atoms with Crippen molar-refractivity contribution in [2.45, 2.75) is 12.5 Å². The molecule has 2 fully saturated rings. The summed E-state index contributed by atoms with van der Waals surface area (Å²) >= 11 is 0. The summed E-state index contributed by atoms with van der Waals surface area (Å²) in [6.07, 6.45) is -1.07. The maximum atomic E-state index is 12.2. The number of nitrogens with one attached hydrogen (secondary N) is 1. The molecule has 0 bridgehead atoms. The van der Waals surface area contributed by atoms with Gasteiger partial charge in [-0.3, -0.25) is 9.69 Å². The van der Waals surface area contributed by atoms with Gasteiger partial charge in [0.2, 0.25) is 15.9 Å². The normalized spacial score (nSPS) is 21.1. The van der Waals surface area contributed by atoms with Gasteiger partial charge < -0.3 is 14.8 Å². The second-order valence-corrected chi connectivity index (χ2v) is 8.42. The number of sulfonamides is 1. The third-order valence-electron chi connectivity index (χ3n) is 4.42. The zero-order valence-electron chi connectivity index (χ0n) is 14.9. The Kier molecular flexibility index (Phi) is 6.30. The summed E-state index contributed by atoms with van der Waals surface area (Å²) in [6.45, 7) is 1.85. The van der Waals surface area contributed by atoms with E-state index in [9.17, 15) is 18.0 Å². The maximum Gasteiger partial charge on any atom is 0.414 e. The van der Waals surface area contributed by atoms with Crippen LogP contribution in [0.5, 0.6) is 0 Å². The Labute approximate surface area is 158 Å². The highest BCUT2D eigenvalue weighted by molar-refractivity contribution is 7.89. The zero-order chi connectivity index (χ0) is 19.3. The first-order valence-electron chi connectivity index (χ1n) is 8.81. The molecule has 0 aliphatic carbocycles. The summed E-state index contributed by atoms with van der Waals surface area (Å²) in [5.74, 6) is -0.638. The van der Waals surface area contributed by atoms with Crippen LogP contribution in [-0.4, -0.2) is 76.0 Å². The molecule has 1 aromatic rings. The number of amides is 2. The van der Waals surface area contributed by atoms with E-state index in [0.717, 1.165) is 5.69 Å². The monoisotopic (exact) mass is 397 g/mol. The van der Waals surface area contributed by atoms with Gasteiger partial charge >= 0.3 is 6.09 Å². The molecule has 1 unspecified atom stereocenters. The van der Waals surface area contributed by atoms with Crippen molar-refractivity contribution >= 4 is 27.7 Å². The summed E-state index contributed by atoms with van der Waals surface area (Å²) in [7, 11) is -3.47. The van der Waals surface area contributed by atoms with Crippen molar-refractivity contribution in [2.24, 2.45) is 0 Å². The first kappa shape index (κ1) is 19.6. The summed E-state index contributed by atoms with van der Waals surface area (Å²) < 4.78 is 36.1. The average molecular weight is 397 g/mol. The predicted octanol–water partition coefficient (Wildman–Crippen LogP) is 0.180. The highest BCUT2D eigenvalue weighted by Gasteiger charge is 2.32. The number of benzene rings is 1. The number of cyclic esters (lactones) is 1. The van der Waals surface area contributed by atoms with Crippen molar-refractivity contribution < 1.29 is 27.5 Å². The molecule has 148 valence electrons. The Hall–Kier alpha value is -2.17. The van der Waals surface area contributed by atoms with E-state index in [1.807, 2.05) is 18.2 Å². The van der Waals surface area contributed by atoms with E-state index in [1.54, 1.807) is 12.1 Å². The van der Waals surface area contributed by atoms with Crippen LogP contribution < -0.4 is 10.2 Å². The number of nitrogens with zero attached hydrogens (tertiary/aromatic N) is 2. The Balaban J connectivity index is 1.42. The second-order valence-electron chi connectivity index (χ2n) is 6.33. The molecule has 3 rings (SSSR count). The van der Waals surface area contributed by atoms with E-state index in [0.29, 0.717) is 32.8 Å². The van der Waals surface area contributed by atoms with E-state index in [2.05, 4.69) is 5.32 Å². The minimum atomic E-state index is -3.47. The van der Waals surface area contributed by atoms with Crippen molar-refractivity contribution in [3.05, 3.63) is 30.3 Å². The number of hydrogen-bond acceptors (Lipinski definition) is 6. The summed E-state index contributed by atoms with van der Waals surface area (Å²) in [4.78, 5) is 25.4. The topological polar surface area (TPSA) is 105 Å². The molecule has 1 aromatic carbocycles. The molecule has 27 heavy (non-hydrogen) atoms. The van der Waals surface area contributed by atoms with Crippen molar-refractivity contribution in [1.82, 2.24) is 9.62 Å². The van der Waals surface area contributed by atoms with E-state index in [1.165, 1.54) is 9.21 Å². The van der Waals surface area contributed by atoms with Crippen molar-refractivity contribution in [3.63, 3.8) is 0 Å². The van der Waals surface area contributed by atoms with Crippen LogP contribution in [-0.2, 0) is 24.3 Å². The first-order valence-corrected chi connectivity index (χ1v) is 10.4. The standard InChI is InChI=1S/C17H23N3O6S/c21-16(6-11-27(23,24)19-7-9-25-10-8-19)18-12-15-13-20(17(22)26-15)14-4-2-1-3-5-14/h1-5,15H,6-13H2,(H,18,21). The Morgan fingerprint density at radius 3 is 2.59 bits per heavy atom. The largest absolute Gasteiger partial charge is 0.442 e. The van der Waals surface area contributed by atoms with Crippen molar-refractivity contribution in [1.29, 1.82) is 0 Å². The Morgan fingerprint density at radius 1 is 1.19 bits per heavy atom. The smallest absolute Gasteiger partial charge is 0.414 e.